The van der Waals surface area contributed by atoms with Crippen LogP contribution in [0, 0.1) is 0 Å². The topological polar surface area (TPSA) is 84.2 Å². The van der Waals surface area contributed by atoms with Crippen molar-refractivity contribution in [2.45, 2.75) is 51.0 Å². The molecule has 1 aliphatic carbocycles. The van der Waals surface area contributed by atoms with Crippen molar-refractivity contribution in [3.05, 3.63) is 0 Å². The molecule has 0 radical (unpaired) electrons. The second-order valence-electron chi connectivity index (χ2n) is 4.31. The van der Waals surface area contributed by atoms with Crippen LogP contribution in [0.25, 0.3) is 0 Å². The van der Waals surface area contributed by atoms with Gasteiger partial charge >= 0.3 is 6.03 Å². The van der Waals surface area contributed by atoms with Crippen LogP contribution >= 0.6 is 0 Å². The molecule has 0 unspecified atom stereocenters. The molecule has 0 aromatic carbocycles. The van der Waals surface area contributed by atoms with E-state index in [-0.39, 0.29) is 11.9 Å². The zero-order chi connectivity index (χ0) is 11.8. The van der Waals surface area contributed by atoms with Crippen LogP contribution in [0.1, 0.15) is 44.9 Å². The van der Waals surface area contributed by atoms with Gasteiger partial charge in [-0.3, -0.25) is 4.79 Å². The van der Waals surface area contributed by atoms with Crippen molar-refractivity contribution < 1.29 is 9.59 Å². The van der Waals surface area contributed by atoms with Crippen LogP contribution in [0.2, 0.25) is 0 Å². The van der Waals surface area contributed by atoms with E-state index in [1.54, 1.807) is 0 Å². The van der Waals surface area contributed by atoms with E-state index in [4.69, 9.17) is 5.73 Å². The molecule has 0 bridgehead atoms. The molecule has 0 spiro atoms. The number of carbonyl (C=O) groups is 2. The summed E-state index contributed by atoms with van der Waals surface area (Å²) in [7, 11) is 0. The van der Waals surface area contributed by atoms with Gasteiger partial charge in [-0.15, -0.1) is 0 Å². The molecule has 1 fully saturated rings. The molecule has 0 aromatic rings. The molecular weight excluding hydrogens is 206 g/mol. The van der Waals surface area contributed by atoms with Crippen molar-refractivity contribution in [3.8, 4) is 0 Å². The van der Waals surface area contributed by atoms with Crippen molar-refractivity contribution in [1.29, 1.82) is 0 Å². The quantitative estimate of drug-likeness (QED) is 0.609. The Morgan fingerprint density at radius 3 is 2.50 bits per heavy atom. The maximum Gasteiger partial charge on any atom is 0.315 e. The number of nitrogens with one attached hydrogen (secondary N) is 2. The second-order valence-corrected chi connectivity index (χ2v) is 4.31. The molecule has 5 heteroatoms. The molecule has 0 atom stereocenters. The van der Waals surface area contributed by atoms with Gasteiger partial charge in [-0.05, 0) is 19.3 Å². The van der Waals surface area contributed by atoms with E-state index in [1.807, 2.05) is 0 Å². The van der Waals surface area contributed by atoms with Gasteiger partial charge in [0.25, 0.3) is 0 Å². The summed E-state index contributed by atoms with van der Waals surface area (Å²) >= 11 is 0. The first-order chi connectivity index (χ1) is 7.68. The number of carbonyl (C=O) groups excluding carboxylic acids is 2. The molecule has 5 nitrogen and oxygen atoms in total. The lowest BCUT2D eigenvalue weighted by Gasteiger charge is -2.22. The Hall–Kier alpha value is -1.26. The maximum atomic E-state index is 11.4. The van der Waals surface area contributed by atoms with E-state index in [0.717, 1.165) is 12.8 Å². The normalized spacial score (nSPS) is 16.8. The van der Waals surface area contributed by atoms with Gasteiger partial charge in [0, 0.05) is 19.0 Å². The van der Waals surface area contributed by atoms with E-state index < -0.39 is 0 Å². The molecule has 0 saturated heterocycles. The van der Waals surface area contributed by atoms with Gasteiger partial charge < -0.3 is 16.4 Å². The Kier molecular flexibility index (Phi) is 5.67. The third-order valence-corrected chi connectivity index (χ3v) is 2.83. The van der Waals surface area contributed by atoms with Crippen molar-refractivity contribution >= 4 is 11.9 Å². The van der Waals surface area contributed by atoms with Gasteiger partial charge in [-0.1, -0.05) is 19.3 Å². The third-order valence-electron chi connectivity index (χ3n) is 2.83. The molecule has 4 N–H and O–H groups in total. The van der Waals surface area contributed by atoms with Crippen LogP contribution in [0.15, 0.2) is 0 Å². The second kappa shape index (κ2) is 7.09. The first-order valence-corrected chi connectivity index (χ1v) is 6.01. The van der Waals surface area contributed by atoms with Gasteiger partial charge in [0.15, 0.2) is 0 Å². The Morgan fingerprint density at radius 1 is 1.19 bits per heavy atom. The highest BCUT2D eigenvalue weighted by molar-refractivity contribution is 5.75. The van der Waals surface area contributed by atoms with Crippen molar-refractivity contribution in [1.82, 2.24) is 10.6 Å². The van der Waals surface area contributed by atoms with Gasteiger partial charge in [0.1, 0.15) is 0 Å². The predicted octanol–water partition coefficient (Wildman–Crippen LogP) is 0.884. The average molecular weight is 227 g/mol. The number of urea groups is 1. The van der Waals surface area contributed by atoms with E-state index in [0.29, 0.717) is 25.4 Å². The van der Waals surface area contributed by atoms with Crippen molar-refractivity contribution in [2.75, 3.05) is 6.54 Å². The van der Waals surface area contributed by atoms with Gasteiger partial charge in [0.05, 0.1) is 0 Å². The Balaban J connectivity index is 2.03. The highest BCUT2D eigenvalue weighted by Gasteiger charge is 2.14. The summed E-state index contributed by atoms with van der Waals surface area (Å²) in [4.78, 5) is 21.9. The van der Waals surface area contributed by atoms with Crippen LogP contribution in [0.3, 0.4) is 0 Å². The molecule has 92 valence electrons. The molecular formula is C11H21N3O2. The average Bonchev–Trinajstić information content (AvgIpc) is 2.25. The van der Waals surface area contributed by atoms with E-state index in [1.165, 1.54) is 19.3 Å². The van der Waals surface area contributed by atoms with Gasteiger partial charge in [-0.25, -0.2) is 4.79 Å². The molecule has 3 amide bonds. The fourth-order valence-corrected chi connectivity index (χ4v) is 1.95. The van der Waals surface area contributed by atoms with E-state index in [9.17, 15) is 9.59 Å². The first kappa shape index (κ1) is 12.8. The first-order valence-electron chi connectivity index (χ1n) is 6.01. The lowest BCUT2D eigenvalue weighted by atomic mass is 9.96. The number of primary amides is 1. The third kappa shape index (κ3) is 5.58. The molecule has 0 heterocycles. The number of rotatable bonds is 5. The van der Waals surface area contributed by atoms with Crippen LogP contribution in [0.4, 0.5) is 4.79 Å². The smallest absolute Gasteiger partial charge is 0.315 e. The van der Waals surface area contributed by atoms with Crippen LogP contribution in [-0.4, -0.2) is 24.5 Å². The molecule has 16 heavy (non-hydrogen) atoms. The highest BCUT2D eigenvalue weighted by atomic mass is 16.2. The van der Waals surface area contributed by atoms with Gasteiger partial charge in [-0.2, -0.15) is 0 Å². The SMILES string of the molecule is NC(=O)CCCNC(=O)NC1CCCCC1. The largest absolute Gasteiger partial charge is 0.370 e. The minimum Gasteiger partial charge on any atom is -0.370 e. The summed E-state index contributed by atoms with van der Waals surface area (Å²) < 4.78 is 0. The number of hydrogen-bond donors (Lipinski definition) is 3. The standard InChI is InChI=1S/C11H21N3O2/c12-10(15)7-4-8-13-11(16)14-9-5-2-1-3-6-9/h9H,1-8H2,(H2,12,15)(H2,13,14,16). The lowest BCUT2D eigenvalue weighted by molar-refractivity contribution is -0.118. The summed E-state index contributed by atoms with van der Waals surface area (Å²) in [6, 6.07) is 0.196. The lowest BCUT2D eigenvalue weighted by Crippen LogP contribution is -2.43. The fourth-order valence-electron chi connectivity index (χ4n) is 1.95. The van der Waals surface area contributed by atoms with Gasteiger partial charge in [0.2, 0.25) is 5.91 Å². The fraction of sp³-hybridized carbons (Fsp3) is 0.818. The predicted molar refractivity (Wildman–Crippen MR) is 61.8 cm³/mol. The summed E-state index contributed by atoms with van der Waals surface area (Å²) in [5, 5.41) is 5.67. The number of hydrogen-bond acceptors (Lipinski definition) is 2. The zero-order valence-corrected chi connectivity index (χ0v) is 9.63. The summed E-state index contributed by atoms with van der Waals surface area (Å²) in [6.45, 7) is 0.501. The molecule has 1 rings (SSSR count). The number of amides is 3. The van der Waals surface area contributed by atoms with Crippen LogP contribution in [0.5, 0.6) is 0 Å². The molecule has 0 aromatic heterocycles. The van der Waals surface area contributed by atoms with Crippen LogP contribution < -0.4 is 16.4 Å². The maximum absolute atomic E-state index is 11.4. The Bertz CT molecular complexity index is 237. The summed E-state index contributed by atoms with van der Waals surface area (Å²) in [6.07, 6.45) is 6.76. The zero-order valence-electron chi connectivity index (χ0n) is 9.63. The highest BCUT2D eigenvalue weighted by Crippen LogP contribution is 2.16. The van der Waals surface area contributed by atoms with Crippen molar-refractivity contribution in [2.24, 2.45) is 5.73 Å². The van der Waals surface area contributed by atoms with E-state index >= 15 is 0 Å². The Morgan fingerprint density at radius 2 is 1.88 bits per heavy atom. The summed E-state index contributed by atoms with van der Waals surface area (Å²) in [5.74, 6) is -0.325. The Labute approximate surface area is 96.1 Å². The number of nitrogens with two attached hydrogens (primary N) is 1. The van der Waals surface area contributed by atoms with E-state index in [2.05, 4.69) is 10.6 Å². The molecule has 1 aliphatic rings. The minimum absolute atomic E-state index is 0.128. The minimum atomic E-state index is -0.325. The summed E-state index contributed by atoms with van der Waals surface area (Å²) in [5.41, 5.74) is 4.99. The van der Waals surface area contributed by atoms with Crippen molar-refractivity contribution in [3.63, 3.8) is 0 Å². The van der Waals surface area contributed by atoms with Crippen LogP contribution in [-0.2, 0) is 4.79 Å². The molecule has 1 saturated carbocycles. The monoisotopic (exact) mass is 227 g/mol. The molecule has 0 aliphatic heterocycles.